The fraction of sp³-hybridized carbons (Fsp3) is 0.353. The van der Waals surface area contributed by atoms with Crippen LogP contribution in [0.5, 0.6) is 0 Å². The van der Waals surface area contributed by atoms with Crippen LogP contribution in [0.25, 0.3) is 0 Å². The number of aryl methyl sites for hydroxylation is 3. The summed E-state index contributed by atoms with van der Waals surface area (Å²) < 4.78 is 0. The molecule has 0 aliphatic carbocycles. The van der Waals surface area contributed by atoms with Crippen LogP contribution in [0.4, 0.5) is 0 Å². The topological polar surface area (TPSA) is 79.3 Å². The summed E-state index contributed by atoms with van der Waals surface area (Å²) in [6.07, 6.45) is 0.895. The normalized spacial score (nSPS) is 10.6. The number of rotatable bonds is 6. The van der Waals surface area contributed by atoms with Gasteiger partial charge in [-0.2, -0.15) is 0 Å². The fourth-order valence-electron chi connectivity index (χ4n) is 2.54. The molecule has 0 fully saturated rings. The molecule has 0 radical (unpaired) electrons. The van der Waals surface area contributed by atoms with Crippen LogP contribution in [0.1, 0.15) is 37.7 Å². The maximum atomic E-state index is 12.1. The molecule has 2 aromatic rings. The maximum absolute atomic E-state index is 12.1. The van der Waals surface area contributed by atoms with Crippen LogP contribution >= 0.6 is 11.3 Å². The number of carbonyl (C=O) groups excluding carboxylic acids is 1. The van der Waals surface area contributed by atoms with Gasteiger partial charge in [0.1, 0.15) is 0 Å². The van der Waals surface area contributed by atoms with E-state index in [9.17, 15) is 9.59 Å². The Bertz CT molecular complexity index is 714. The van der Waals surface area contributed by atoms with Gasteiger partial charge < -0.3 is 10.4 Å². The van der Waals surface area contributed by atoms with E-state index in [-0.39, 0.29) is 11.6 Å². The first kappa shape index (κ1) is 17.1. The van der Waals surface area contributed by atoms with Gasteiger partial charge in [-0.05, 0) is 37.5 Å². The summed E-state index contributed by atoms with van der Waals surface area (Å²) in [6.45, 7) is 6.54. The van der Waals surface area contributed by atoms with Crippen molar-refractivity contribution < 1.29 is 14.7 Å². The molecule has 0 unspecified atom stereocenters. The number of benzene rings is 1. The average Bonchev–Trinajstić information content (AvgIpc) is 2.92. The third-order valence-electron chi connectivity index (χ3n) is 3.61. The third kappa shape index (κ3) is 4.63. The van der Waals surface area contributed by atoms with Gasteiger partial charge in [0.25, 0.3) is 0 Å². The number of hydrogen-bond acceptors (Lipinski definition) is 4. The minimum absolute atomic E-state index is 0.0323. The highest BCUT2D eigenvalue weighted by atomic mass is 32.1. The summed E-state index contributed by atoms with van der Waals surface area (Å²) in [5, 5.41) is 13.9. The van der Waals surface area contributed by atoms with Crippen molar-refractivity contribution in [1.82, 2.24) is 10.3 Å². The lowest BCUT2D eigenvalue weighted by molar-refractivity contribution is -0.120. The maximum Gasteiger partial charge on any atom is 0.355 e. The van der Waals surface area contributed by atoms with Crippen LogP contribution < -0.4 is 5.32 Å². The van der Waals surface area contributed by atoms with Gasteiger partial charge in [-0.15, -0.1) is 11.3 Å². The molecule has 1 aromatic heterocycles. The van der Waals surface area contributed by atoms with Crippen molar-refractivity contribution in [1.29, 1.82) is 0 Å². The Balaban J connectivity index is 1.87. The molecule has 0 bridgehead atoms. The summed E-state index contributed by atoms with van der Waals surface area (Å²) in [7, 11) is 0. The van der Waals surface area contributed by atoms with Crippen LogP contribution in [-0.2, 0) is 17.6 Å². The van der Waals surface area contributed by atoms with Crippen LogP contribution in [0, 0.1) is 20.8 Å². The number of nitrogens with zero attached hydrogens (tertiary/aromatic N) is 1. The van der Waals surface area contributed by atoms with Gasteiger partial charge >= 0.3 is 5.97 Å². The van der Waals surface area contributed by atoms with Crippen molar-refractivity contribution in [3.63, 3.8) is 0 Å². The lowest BCUT2D eigenvalue weighted by Crippen LogP contribution is -2.27. The molecule has 122 valence electrons. The van der Waals surface area contributed by atoms with E-state index in [1.54, 1.807) is 0 Å². The van der Waals surface area contributed by atoms with Gasteiger partial charge in [-0.3, -0.25) is 4.79 Å². The van der Waals surface area contributed by atoms with Crippen molar-refractivity contribution in [2.75, 3.05) is 6.54 Å². The Morgan fingerprint density at radius 3 is 2.43 bits per heavy atom. The van der Waals surface area contributed by atoms with E-state index in [4.69, 9.17) is 5.11 Å². The largest absolute Gasteiger partial charge is 0.476 e. The Labute approximate surface area is 139 Å². The van der Waals surface area contributed by atoms with Crippen LogP contribution in [0.3, 0.4) is 0 Å². The number of nitrogens with one attached hydrogen (secondary N) is 1. The highest BCUT2D eigenvalue weighted by Gasteiger charge is 2.11. The minimum atomic E-state index is -1.03. The van der Waals surface area contributed by atoms with Gasteiger partial charge in [0.15, 0.2) is 5.69 Å². The molecule has 2 N–H and O–H groups in total. The van der Waals surface area contributed by atoms with Gasteiger partial charge in [-0.1, -0.05) is 17.7 Å². The first-order chi connectivity index (χ1) is 10.9. The summed E-state index contributed by atoms with van der Waals surface area (Å²) in [5.74, 6) is -1.06. The number of amides is 1. The van der Waals surface area contributed by atoms with E-state index in [2.05, 4.69) is 22.4 Å². The smallest absolute Gasteiger partial charge is 0.355 e. The molecule has 0 aliphatic rings. The fourth-order valence-corrected chi connectivity index (χ4v) is 3.32. The molecule has 0 saturated carbocycles. The monoisotopic (exact) mass is 332 g/mol. The second kappa shape index (κ2) is 7.37. The van der Waals surface area contributed by atoms with Gasteiger partial charge in [0.05, 0.1) is 11.4 Å². The van der Waals surface area contributed by atoms with Crippen molar-refractivity contribution in [3.05, 3.63) is 50.5 Å². The van der Waals surface area contributed by atoms with Crippen molar-refractivity contribution in [3.8, 4) is 0 Å². The van der Waals surface area contributed by atoms with E-state index >= 15 is 0 Å². The molecule has 0 spiro atoms. The van der Waals surface area contributed by atoms with E-state index in [1.807, 2.05) is 20.8 Å². The molecular weight excluding hydrogens is 312 g/mol. The van der Waals surface area contributed by atoms with Crippen molar-refractivity contribution >= 4 is 23.2 Å². The average molecular weight is 332 g/mol. The summed E-state index contributed by atoms with van der Waals surface area (Å²) in [4.78, 5) is 26.8. The zero-order chi connectivity index (χ0) is 17.0. The minimum Gasteiger partial charge on any atom is -0.476 e. The third-order valence-corrected chi connectivity index (χ3v) is 4.52. The first-order valence-electron chi connectivity index (χ1n) is 7.38. The molecule has 5 nitrogen and oxygen atoms in total. The van der Waals surface area contributed by atoms with Crippen LogP contribution in [0.2, 0.25) is 0 Å². The molecule has 6 heteroatoms. The summed E-state index contributed by atoms with van der Waals surface area (Å²) in [5.41, 5.74) is 4.58. The zero-order valence-corrected chi connectivity index (χ0v) is 14.3. The van der Waals surface area contributed by atoms with E-state index in [1.165, 1.54) is 22.3 Å². The van der Waals surface area contributed by atoms with Crippen molar-refractivity contribution in [2.24, 2.45) is 0 Å². The zero-order valence-electron chi connectivity index (χ0n) is 13.5. The Morgan fingerprint density at radius 2 is 1.87 bits per heavy atom. The molecule has 0 saturated heterocycles. The number of carboxylic acid groups (broad SMARTS) is 1. The quantitative estimate of drug-likeness (QED) is 0.852. The van der Waals surface area contributed by atoms with Crippen LogP contribution in [0.15, 0.2) is 17.5 Å². The summed E-state index contributed by atoms with van der Waals surface area (Å²) >= 11 is 1.30. The number of hydrogen-bond donors (Lipinski definition) is 2. The number of carbonyl (C=O) groups is 2. The Morgan fingerprint density at radius 1 is 1.22 bits per heavy atom. The molecule has 1 amide bonds. The number of aromatic carboxylic acids is 1. The highest BCUT2D eigenvalue weighted by Crippen LogP contribution is 2.17. The van der Waals surface area contributed by atoms with E-state index in [0.717, 1.165) is 16.7 Å². The SMILES string of the molecule is Cc1cc(C)c(CC(=O)NCCc2nc(C(=O)O)cs2)c(C)c1. The summed E-state index contributed by atoms with van der Waals surface area (Å²) in [6, 6.07) is 4.16. The molecule has 0 atom stereocenters. The molecule has 23 heavy (non-hydrogen) atoms. The molecule has 1 aromatic carbocycles. The predicted molar refractivity (Wildman–Crippen MR) is 90.1 cm³/mol. The molecule has 1 heterocycles. The lowest BCUT2D eigenvalue weighted by Gasteiger charge is -2.11. The van der Waals surface area contributed by atoms with Crippen LogP contribution in [-0.4, -0.2) is 28.5 Å². The predicted octanol–water partition coefficient (Wildman–Crippen LogP) is 2.67. The van der Waals surface area contributed by atoms with E-state index < -0.39 is 5.97 Å². The van der Waals surface area contributed by atoms with E-state index in [0.29, 0.717) is 24.4 Å². The Hall–Kier alpha value is -2.21. The molecule has 2 rings (SSSR count). The van der Waals surface area contributed by atoms with Crippen molar-refractivity contribution in [2.45, 2.75) is 33.6 Å². The number of carboxylic acids is 1. The second-order valence-corrected chi connectivity index (χ2v) is 6.53. The standard InChI is InChI=1S/C17H20N2O3S/c1-10-6-11(2)13(12(3)7-10)8-15(20)18-5-4-16-19-14(9-23-16)17(21)22/h6-7,9H,4-5,8H2,1-3H3,(H,18,20)(H,21,22). The Kier molecular flexibility index (Phi) is 5.50. The number of thiazole rings is 1. The van der Waals surface area contributed by atoms with Gasteiger partial charge in [0, 0.05) is 18.3 Å². The van der Waals surface area contributed by atoms with Gasteiger partial charge in [0.2, 0.25) is 5.91 Å². The second-order valence-electron chi connectivity index (χ2n) is 5.59. The number of aromatic nitrogens is 1. The highest BCUT2D eigenvalue weighted by molar-refractivity contribution is 7.09. The molecular formula is C17H20N2O3S. The first-order valence-corrected chi connectivity index (χ1v) is 8.26. The van der Waals surface area contributed by atoms with Gasteiger partial charge in [-0.25, -0.2) is 9.78 Å². The lowest BCUT2D eigenvalue weighted by atomic mass is 9.97. The molecule has 0 aliphatic heterocycles.